The Morgan fingerprint density at radius 3 is 2.56 bits per heavy atom. The molecular formula is C13H18O4S. The van der Waals surface area contributed by atoms with Crippen LogP contribution in [0.3, 0.4) is 0 Å². The molecule has 18 heavy (non-hydrogen) atoms. The topological polar surface area (TPSA) is 63.6 Å². The second kappa shape index (κ2) is 6.11. The van der Waals surface area contributed by atoms with Crippen LogP contribution in [0, 0.1) is 0 Å². The van der Waals surface area contributed by atoms with Crippen LogP contribution in [0.1, 0.15) is 30.6 Å². The molecule has 0 saturated heterocycles. The summed E-state index contributed by atoms with van der Waals surface area (Å²) in [6.45, 7) is 3.82. The fourth-order valence-corrected chi connectivity index (χ4v) is 2.92. The van der Waals surface area contributed by atoms with E-state index in [1.807, 2.05) is 13.8 Å². The molecule has 0 amide bonds. The van der Waals surface area contributed by atoms with Gasteiger partial charge in [0.2, 0.25) is 0 Å². The van der Waals surface area contributed by atoms with Crippen LogP contribution in [-0.2, 0) is 15.5 Å². The van der Waals surface area contributed by atoms with Gasteiger partial charge in [0.05, 0.1) is 26.9 Å². The second-order valence-electron chi connectivity index (χ2n) is 4.56. The van der Waals surface area contributed by atoms with Gasteiger partial charge in [0.15, 0.2) is 0 Å². The predicted octanol–water partition coefficient (Wildman–Crippen LogP) is 2.31. The van der Waals surface area contributed by atoms with Crippen LogP contribution >= 0.6 is 0 Å². The number of carboxylic acid groups (broad SMARTS) is 1. The maximum Gasteiger partial charge on any atom is 0.336 e. The van der Waals surface area contributed by atoms with E-state index in [1.54, 1.807) is 25.3 Å². The van der Waals surface area contributed by atoms with E-state index < -0.39 is 16.8 Å². The summed E-state index contributed by atoms with van der Waals surface area (Å²) in [5, 5.41) is 9.03. The van der Waals surface area contributed by atoms with Gasteiger partial charge >= 0.3 is 5.97 Å². The second-order valence-corrected chi connectivity index (χ2v) is 6.10. The van der Waals surface area contributed by atoms with E-state index in [-0.39, 0.29) is 11.2 Å². The zero-order chi connectivity index (χ0) is 13.8. The van der Waals surface area contributed by atoms with E-state index in [0.717, 1.165) is 0 Å². The summed E-state index contributed by atoms with van der Waals surface area (Å²) in [7, 11) is 0.281. The molecule has 0 spiro atoms. The van der Waals surface area contributed by atoms with Crippen molar-refractivity contribution in [1.82, 2.24) is 0 Å². The van der Waals surface area contributed by atoms with Gasteiger partial charge in [0.1, 0.15) is 0 Å². The maximum absolute atomic E-state index is 12.1. The number of hydrogen-bond donors (Lipinski definition) is 1. The van der Waals surface area contributed by atoms with Crippen molar-refractivity contribution in [2.75, 3.05) is 12.9 Å². The third-order valence-corrected chi connectivity index (χ3v) is 4.23. The number of hydrogen-bond acceptors (Lipinski definition) is 3. The van der Waals surface area contributed by atoms with Gasteiger partial charge in [-0.2, -0.15) is 0 Å². The summed E-state index contributed by atoms with van der Waals surface area (Å²) < 4.78 is 17.4. The molecule has 4 nitrogen and oxygen atoms in total. The molecule has 1 unspecified atom stereocenters. The van der Waals surface area contributed by atoms with E-state index in [0.29, 0.717) is 17.1 Å². The molecule has 0 bridgehead atoms. The van der Waals surface area contributed by atoms with Gasteiger partial charge in [-0.25, -0.2) is 4.79 Å². The molecule has 1 rings (SSSR count). The van der Waals surface area contributed by atoms with Crippen molar-refractivity contribution in [3.05, 3.63) is 29.8 Å². The first kappa shape index (κ1) is 14.9. The third-order valence-electron chi connectivity index (χ3n) is 2.80. The average molecular weight is 270 g/mol. The minimum atomic E-state index is -1.32. The molecule has 0 aliphatic rings. The molecule has 0 heterocycles. The molecule has 0 radical (unpaired) electrons. The summed E-state index contributed by atoms with van der Waals surface area (Å²) in [5.41, 5.74) is -0.251. The van der Waals surface area contributed by atoms with Gasteiger partial charge in [-0.1, -0.05) is 12.1 Å². The van der Waals surface area contributed by atoms with E-state index in [2.05, 4.69) is 0 Å². The van der Waals surface area contributed by atoms with Crippen molar-refractivity contribution in [1.29, 1.82) is 0 Å². The molecule has 1 atom stereocenters. The number of carboxylic acids is 1. The van der Waals surface area contributed by atoms with Gasteiger partial charge in [0.25, 0.3) is 0 Å². The number of benzene rings is 1. The lowest BCUT2D eigenvalue weighted by atomic mass is 10.1. The quantitative estimate of drug-likeness (QED) is 0.861. The van der Waals surface area contributed by atoms with E-state index >= 15 is 0 Å². The molecule has 0 fully saturated rings. The molecule has 1 aromatic rings. The lowest BCUT2D eigenvalue weighted by Crippen LogP contribution is -2.25. The first-order valence-corrected chi connectivity index (χ1v) is 6.95. The van der Waals surface area contributed by atoms with E-state index in [9.17, 15) is 9.00 Å². The minimum absolute atomic E-state index is 0.103. The Morgan fingerprint density at radius 1 is 1.39 bits per heavy atom. The fraction of sp³-hybridized carbons (Fsp3) is 0.462. The molecule has 100 valence electrons. The highest BCUT2D eigenvalue weighted by Crippen LogP contribution is 2.18. The summed E-state index contributed by atoms with van der Waals surface area (Å²) in [6.07, 6.45) is 0.601. The van der Waals surface area contributed by atoms with Crippen LogP contribution in [0.4, 0.5) is 0 Å². The Hall–Kier alpha value is -1.20. The van der Waals surface area contributed by atoms with Gasteiger partial charge < -0.3 is 9.84 Å². The first-order chi connectivity index (χ1) is 8.37. The molecule has 0 aliphatic carbocycles. The molecule has 1 aromatic carbocycles. The molecular weight excluding hydrogens is 252 g/mol. The van der Waals surface area contributed by atoms with Crippen molar-refractivity contribution < 1.29 is 18.8 Å². The molecule has 5 heteroatoms. The molecule has 0 saturated carbocycles. The van der Waals surface area contributed by atoms with Crippen LogP contribution in [0.15, 0.2) is 29.2 Å². The monoisotopic (exact) mass is 270 g/mol. The first-order valence-electron chi connectivity index (χ1n) is 5.63. The molecule has 0 aromatic heterocycles. The van der Waals surface area contributed by atoms with Crippen LogP contribution in [0.5, 0.6) is 0 Å². The highest BCUT2D eigenvalue weighted by atomic mass is 32.2. The van der Waals surface area contributed by atoms with Crippen molar-refractivity contribution in [2.24, 2.45) is 0 Å². The predicted molar refractivity (Wildman–Crippen MR) is 70.4 cm³/mol. The number of rotatable bonds is 6. The van der Waals surface area contributed by atoms with Gasteiger partial charge in [-0.05, 0) is 32.4 Å². The van der Waals surface area contributed by atoms with Crippen LogP contribution in [-0.4, -0.2) is 33.7 Å². The Labute approximate surface area is 109 Å². The number of methoxy groups -OCH3 is 1. The van der Waals surface area contributed by atoms with Crippen molar-refractivity contribution in [3.8, 4) is 0 Å². The lowest BCUT2D eigenvalue weighted by Gasteiger charge is -2.22. The molecule has 0 aliphatic heterocycles. The van der Waals surface area contributed by atoms with E-state index in [1.165, 1.54) is 6.07 Å². The third kappa shape index (κ3) is 3.92. The van der Waals surface area contributed by atoms with E-state index in [4.69, 9.17) is 9.84 Å². The summed E-state index contributed by atoms with van der Waals surface area (Å²) >= 11 is 0. The maximum atomic E-state index is 12.1. The Bertz CT molecular complexity index is 454. The van der Waals surface area contributed by atoms with Gasteiger partial charge in [-0.15, -0.1) is 0 Å². The molecule has 1 N–H and O–H groups in total. The Kier molecular flexibility index (Phi) is 5.04. The van der Waals surface area contributed by atoms with Crippen molar-refractivity contribution in [3.63, 3.8) is 0 Å². The van der Waals surface area contributed by atoms with Gasteiger partial charge in [-0.3, -0.25) is 4.21 Å². The fourth-order valence-electron chi connectivity index (χ4n) is 1.39. The van der Waals surface area contributed by atoms with Crippen molar-refractivity contribution in [2.45, 2.75) is 30.8 Å². The zero-order valence-corrected chi connectivity index (χ0v) is 11.6. The highest BCUT2D eigenvalue weighted by Gasteiger charge is 2.20. The number of carbonyl (C=O) groups is 1. The Morgan fingerprint density at radius 2 is 2.00 bits per heavy atom. The van der Waals surface area contributed by atoms with Crippen LogP contribution in [0.25, 0.3) is 0 Å². The summed E-state index contributed by atoms with van der Waals surface area (Å²) in [5.74, 6) is -0.671. The number of ether oxygens (including phenoxy) is 1. The van der Waals surface area contributed by atoms with Crippen LogP contribution < -0.4 is 0 Å². The van der Waals surface area contributed by atoms with Crippen LogP contribution in [0.2, 0.25) is 0 Å². The summed E-state index contributed by atoms with van der Waals surface area (Å²) in [4.78, 5) is 11.4. The average Bonchev–Trinajstić information content (AvgIpc) is 2.36. The SMILES string of the molecule is COC(C)(C)CCS(=O)c1ccccc1C(=O)O. The normalized spacial score (nSPS) is 13.3. The minimum Gasteiger partial charge on any atom is -0.478 e. The van der Waals surface area contributed by atoms with Crippen molar-refractivity contribution >= 4 is 16.8 Å². The van der Waals surface area contributed by atoms with Gasteiger partial charge in [0, 0.05) is 12.9 Å². The Balaban J connectivity index is 2.82. The lowest BCUT2D eigenvalue weighted by molar-refractivity contribution is 0.0205. The summed E-state index contributed by atoms with van der Waals surface area (Å²) in [6, 6.07) is 6.39. The highest BCUT2D eigenvalue weighted by molar-refractivity contribution is 7.85. The largest absolute Gasteiger partial charge is 0.478 e. The number of aromatic carboxylic acids is 1. The zero-order valence-electron chi connectivity index (χ0n) is 10.8. The smallest absolute Gasteiger partial charge is 0.336 e. The standard InChI is InChI=1S/C13H18O4S/c1-13(2,17-3)8-9-18(16)11-7-5-4-6-10(11)12(14)15/h4-7H,8-9H2,1-3H3,(H,14,15).